The Bertz CT molecular complexity index is 1210. The maximum Gasteiger partial charge on any atom is 0.425 e. The normalized spacial score (nSPS) is 10.4. The summed E-state index contributed by atoms with van der Waals surface area (Å²) >= 11 is 12.3. The van der Waals surface area contributed by atoms with E-state index < -0.39 is 17.9 Å². The summed E-state index contributed by atoms with van der Waals surface area (Å²) in [5.41, 5.74) is 6.74. The van der Waals surface area contributed by atoms with Crippen molar-refractivity contribution in [1.29, 1.82) is 0 Å². The molecule has 0 aliphatic rings. The molecule has 2 aromatic heterocycles. The molecule has 2 heterocycles. The fourth-order valence-corrected chi connectivity index (χ4v) is 3.50. The molecular formula is C21H19Cl2N5O4. The molecule has 1 aromatic carbocycles. The molecule has 0 fully saturated rings. The monoisotopic (exact) mass is 475 g/mol. The van der Waals surface area contributed by atoms with Gasteiger partial charge in [-0.25, -0.2) is 15.2 Å². The van der Waals surface area contributed by atoms with Crippen LogP contribution >= 0.6 is 23.2 Å². The number of pyridine rings is 1. The van der Waals surface area contributed by atoms with Gasteiger partial charge in [0.1, 0.15) is 5.69 Å². The number of ether oxygens (including phenoxy) is 1. The van der Waals surface area contributed by atoms with Crippen LogP contribution in [0, 0.1) is 13.8 Å². The fraction of sp³-hybridized carbons (Fsp3) is 0.143. The number of hydrogen-bond donors (Lipinski definition) is 3. The molecule has 0 spiro atoms. The van der Waals surface area contributed by atoms with Crippen LogP contribution in [0.1, 0.15) is 32.0 Å². The van der Waals surface area contributed by atoms with Gasteiger partial charge in [0.15, 0.2) is 5.15 Å². The molecule has 0 aliphatic heterocycles. The number of carbonyl (C=O) groups is 3. The van der Waals surface area contributed by atoms with Gasteiger partial charge in [0.05, 0.1) is 24.0 Å². The van der Waals surface area contributed by atoms with Crippen LogP contribution in [-0.2, 0) is 4.74 Å². The maximum atomic E-state index is 13.2. The Kier molecular flexibility index (Phi) is 7.01. The van der Waals surface area contributed by atoms with E-state index >= 15 is 0 Å². The third-order valence-electron chi connectivity index (χ3n) is 4.44. The zero-order valence-electron chi connectivity index (χ0n) is 17.3. The molecule has 0 radical (unpaired) electrons. The van der Waals surface area contributed by atoms with Crippen molar-refractivity contribution < 1.29 is 19.1 Å². The fourth-order valence-electron chi connectivity index (χ4n) is 3.02. The van der Waals surface area contributed by atoms with Crippen LogP contribution < -0.4 is 16.2 Å². The average Bonchev–Trinajstić information content (AvgIpc) is 3.15. The first-order chi connectivity index (χ1) is 15.2. The second-order valence-electron chi connectivity index (χ2n) is 6.76. The summed E-state index contributed by atoms with van der Waals surface area (Å²) in [4.78, 5) is 41.2. The Morgan fingerprint density at radius 3 is 2.50 bits per heavy atom. The van der Waals surface area contributed by atoms with E-state index in [4.69, 9.17) is 23.2 Å². The average molecular weight is 476 g/mol. The molecule has 0 unspecified atom stereocenters. The van der Waals surface area contributed by atoms with Crippen LogP contribution in [0.15, 0.2) is 42.7 Å². The topological polar surface area (TPSA) is 114 Å². The molecule has 32 heavy (non-hydrogen) atoms. The zero-order valence-corrected chi connectivity index (χ0v) is 18.8. The van der Waals surface area contributed by atoms with E-state index in [-0.39, 0.29) is 27.1 Å². The number of methoxy groups -OCH3 is 1. The standard InChI is InChI=1S/C21H19Cl2N5O4/c1-11-7-16(28(10-11)15-5-4-6-24-18(15)23)20(30)25-17-12(2)8-13(22)9-14(17)19(29)26-27-21(31)32-3/h4-10H,1-3H3,(H,25,30)(H,26,29)(H,27,31). The van der Waals surface area contributed by atoms with Crippen LogP contribution in [0.4, 0.5) is 10.5 Å². The van der Waals surface area contributed by atoms with Crippen molar-refractivity contribution in [3.05, 3.63) is 75.3 Å². The van der Waals surface area contributed by atoms with Gasteiger partial charge in [0, 0.05) is 17.4 Å². The maximum absolute atomic E-state index is 13.2. The first-order valence-electron chi connectivity index (χ1n) is 9.27. The zero-order chi connectivity index (χ0) is 23.4. The first-order valence-corrected chi connectivity index (χ1v) is 10.0. The summed E-state index contributed by atoms with van der Waals surface area (Å²) in [5, 5.41) is 3.27. The van der Waals surface area contributed by atoms with E-state index in [2.05, 4.69) is 25.9 Å². The SMILES string of the molecule is COC(=O)NNC(=O)c1cc(Cl)cc(C)c1NC(=O)c1cc(C)cn1-c1cccnc1Cl. The van der Waals surface area contributed by atoms with Crippen molar-refractivity contribution in [1.82, 2.24) is 20.4 Å². The Morgan fingerprint density at radius 2 is 1.81 bits per heavy atom. The number of halogens is 2. The van der Waals surface area contributed by atoms with E-state index in [1.54, 1.807) is 48.1 Å². The molecule has 0 saturated heterocycles. The van der Waals surface area contributed by atoms with Crippen molar-refractivity contribution in [2.45, 2.75) is 13.8 Å². The highest BCUT2D eigenvalue weighted by atomic mass is 35.5. The summed E-state index contributed by atoms with van der Waals surface area (Å²) in [6.07, 6.45) is 2.44. The van der Waals surface area contributed by atoms with Crippen molar-refractivity contribution in [3.63, 3.8) is 0 Å². The van der Waals surface area contributed by atoms with Gasteiger partial charge in [-0.1, -0.05) is 23.2 Å². The predicted octanol–water partition coefficient (Wildman–Crippen LogP) is 4.05. The Balaban J connectivity index is 1.96. The number of aromatic nitrogens is 2. The van der Waals surface area contributed by atoms with E-state index in [0.717, 1.165) is 12.7 Å². The number of nitrogens with zero attached hydrogens (tertiary/aromatic N) is 2. The number of nitrogens with one attached hydrogen (secondary N) is 3. The number of carbonyl (C=O) groups excluding carboxylic acids is 3. The third kappa shape index (κ3) is 5.01. The number of rotatable bonds is 4. The van der Waals surface area contributed by atoms with Gasteiger partial charge in [-0.2, -0.15) is 0 Å². The van der Waals surface area contributed by atoms with Gasteiger partial charge < -0.3 is 14.6 Å². The van der Waals surface area contributed by atoms with E-state index in [0.29, 0.717) is 11.3 Å². The molecule has 3 amide bonds. The Morgan fingerprint density at radius 1 is 1.06 bits per heavy atom. The lowest BCUT2D eigenvalue weighted by molar-refractivity contribution is 0.0921. The van der Waals surface area contributed by atoms with Gasteiger partial charge in [0.25, 0.3) is 11.8 Å². The minimum Gasteiger partial charge on any atom is -0.452 e. The van der Waals surface area contributed by atoms with Crippen LogP contribution in [0.25, 0.3) is 5.69 Å². The molecule has 3 rings (SSSR count). The number of aryl methyl sites for hydroxylation is 2. The minimum atomic E-state index is -0.857. The second-order valence-corrected chi connectivity index (χ2v) is 7.55. The van der Waals surface area contributed by atoms with E-state index in [1.807, 2.05) is 6.92 Å². The quantitative estimate of drug-likeness (QED) is 0.388. The summed E-state index contributed by atoms with van der Waals surface area (Å²) in [6, 6.07) is 8.10. The molecule has 0 saturated carbocycles. The summed E-state index contributed by atoms with van der Waals surface area (Å²) < 4.78 is 6.04. The number of anilines is 1. The molecule has 0 atom stereocenters. The highest BCUT2D eigenvalue weighted by Gasteiger charge is 2.21. The van der Waals surface area contributed by atoms with Crippen LogP contribution in [0.3, 0.4) is 0 Å². The number of hydrogen-bond acceptors (Lipinski definition) is 5. The van der Waals surface area contributed by atoms with E-state index in [1.165, 1.54) is 6.07 Å². The molecule has 9 nitrogen and oxygen atoms in total. The van der Waals surface area contributed by atoms with Crippen molar-refractivity contribution >= 4 is 46.8 Å². The highest BCUT2D eigenvalue weighted by molar-refractivity contribution is 6.31. The Labute approximate surface area is 193 Å². The van der Waals surface area contributed by atoms with Crippen molar-refractivity contribution in [2.24, 2.45) is 0 Å². The van der Waals surface area contributed by atoms with E-state index in [9.17, 15) is 14.4 Å². The lowest BCUT2D eigenvalue weighted by atomic mass is 10.1. The summed E-state index contributed by atoms with van der Waals surface area (Å²) in [5.74, 6) is -1.18. The molecule has 11 heteroatoms. The number of benzene rings is 1. The molecule has 3 N–H and O–H groups in total. The molecule has 0 aliphatic carbocycles. The molecular weight excluding hydrogens is 457 g/mol. The number of amides is 3. The van der Waals surface area contributed by atoms with Crippen molar-refractivity contribution in [2.75, 3.05) is 12.4 Å². The highest BCUT2D eigenvalue weighted by Crippen LogP contribution is 2.27. The largest absolute Gasteiger partial charge is 0.452 e. The Hall–Kier alpha value is -3.56. The first kappa shape index (κ1) is 23.1. The minimum absolute atomic E-state index is 0.0500. The summed E-state index contributed by atoms with van der Waals surface area (Å²) in [7, 11) is 1.16. The second kappa shape index (κ2) is 9.71. The lowest BCUT2D eigenvalue weighted by Crippen LogP contribution is -2.41. The smallest absolute Gasteiger partial charge is 0.425 e. The van der Waals surface area contributed by atoms with Crippen LogP contribution in [0.2, 0.25) is 10.2 Å². The van der Waals surface area contributed by atoms with Crippen LogP contribution in [0.5, 0.6) is 0 Å². The predicted molar refractivity (Wildman–Crippen MR) is 120 cm³/mol. The van der Waals surface area contributed by atoms with Crippen molar-refractivity contribution in [3.8, 4) is 5.69 Å². The molecule has 0 bridgehead atoms. The van der Waals surface area contributed by atoms with Crippen LogP contribution in [-0.4, -0.2) is 34.6 Å². The summed E-state index contributed by atoms with van der Waals surface area (Å²) in [6.45, 7) is 3.52. The lowest BCUT2D eigenvalue weighted by Gasteiger charge is -2.16. The third-order valence-corrected chi connectivity index (χ3v) is 4.94. The van der Waals surface area contributed by atoms with Gasteiger partial charge in [-0.05, 0) is 55.3 Å². The molecule has 3 aromatic rings. The molecule has 166 valence electrons. The van der Waals surface area contributed by atoms with Gasteiger partial charge in [-0.15, -0.1) is 0 Å². The van der Waals surface area contributed by atoms with Gasteiger partial charge in [0.2, 0.25) is 0 Å². The van der Waals surface area contributed by atoms with Gasteiger partial charge in [-0.3, -0.25) is 15.0 Å². The number of hydrazine groups is 1. The van der Waals surface area contributed by atoms with Gasteiger partial charge >= 0.3 is 6.09 Å².